The van der Waals surface area contributed by atoms with Crippen LogP contribution in [0.15, 0.2) is 24.3 Å². The lowest BCUT2D eigenvalue weighted by Crippen LogP contribution is -2.46. The van der Waals surface area contributed by atoms with E-state index in [1.54, 1.807) is 24.3 Å². The molecule has 132 valence electrons. The first-order valence-electron chi connectivity index (χ1n) is 7.68. The van der Waals surface area contributed by atoms with Crippen molar-refractivity contribution in [3.05, 3.63) is 28.0 Å². The van der Waals surface area contributed by atoms with Gasteiger partial charge in [0.1, 0.15) is 12.7 Å². The second-order valence-electron chi connectivity index (χ2n) is 6.22. The van der Waals surface area contributed by atoms with Gasteiger partial charge in [0.2, 0.25) is 0 Å². The number of anilines is 1. The minimum atomic E-state index is -4.28. The van der Waals surface area contributed by atoms with Gasteiger partial charge in [-0.25, -0.2) is 4.39 Å². The fourth-order valence-corrected chi connectivity index (χ4v) is 3.88. The number of halogens is 5. The molecule has 1 aromatic heterocycles. The van der Waals surface area contributed by atoms with Gasteiger partial charge in [0.15, 0.2) is 0 Å². The predicted octanol–water partition coefficient (Wildman–Crippen LogP) is 4.26. The van der Waals surface area contributed by atoms with Crippen LogP contribution in [-0.2, 0) is 6.54 Å². The zero-order chi connectivity index (χ0) is 17.5. The molecule has 0 unspecified atom stereocenters. The van der Waals surface area contributed by atoms with Crippen LogP contribution < -0.4 is 5.32 Å². The van der Waals surface area contributed by atoms with Gasteiger partial charge < -0.3 is 14.8 Å². The van der Waals surface area contributed by atoms with Gasteiger partial charge >= 0.3 is 6.18 Å². The largest absolute Gasteiger partial charge is 0.406 e. The molecule has 0 spiro atoms. The van der Waals surface area contributed by atoms with Crippen molar-refractivity contribution >= 4 is 39.2 Å². The Morgan fingerprint density at radius 1 is 1.33 bits per heavy atom. The summed E-state index contributed by atoms with van der Waals surface area (Å²) in [7, 11) is 1.88. The lowest BCUT2D eigenvalue weighted by molar-refractivity contribution is -0.140. The average molecular weight is 455 g/mol. The van der Waals surface area contributed by atoms with Gasteiger partial charge in [-0.05, 0) is 54.3 Å². The molecule has 1 saturated heterocycles. The summed E-state index contributed by atoms with van der Waals surface area (Å²) in [5, 5.41) is 3.89. The molecular formula is C16H18F4IN3. The zero-order valence-electron chi connectivity index (χ0n) is 13.1. The molecule has 24 heavy (non-hydrogen) atoms. The van der Waals surface area contributed by atoms with Gasteiger partial charge in [-0.1, -0.05) is 6.07 Å². The monoisotopic (exact) mass is 455 g/mol. The number of hydrogen-bond donors (Lipinski definition) is 1. The summed E-state index contributed by atoms with van der Waals surface area (Å²) < 4.78 is 54.4. The molecule has 2 heterocycles. The number of piperidine rings is 1. The summed E-state index contributed by atoms with van der Waals surface area (Å²) in [6, 6.07) is 6.55. The Labute approximate surface area is 151 Å². The molecule has 1 N–H and O–H groups in total. The van der Waals surface area contributed by atoms with E-state index in [1.807, 2.05) is 34.5 Å². The Morgan fingerprint density at radius 2 is 2.08 bits per heavy atom. The quantitative estimate of drug-likeness (QED) is 0.552. The summed E-state index contributed by atoms with van der Waals surface area (Å²) in [6.07, 6.45) is -4.63. The van der Waals surface area contributed by atoms with Gasteiger partial charge in [-0.15, -0.1) is 0 Å². The number of likely N-dealkylation sites (tertiary alicyclic amines) is 1. The summed E-state index contributed by atoms with van der Waals surface area (Å²) in [6.45, 7) is 0.124. The first-order valence-corrected chi connectivity index (χ1v) is 8.76. The Kier molecular flexibility index (Phi) is 4.96. The molecule has 2 atom stereocenters. The zero-order valence-corrected chi connectivity index (χ0v) is 15.2. The summed E-state index contributed by atoms with van der Waals surface area (Å²) in [5.41, 5.74) is 1.19. The highest BCUT2D eigenvalue weighted by Gasteiger charge is 2.30. The molecule has 1 aliphatic rings. The number of hydrogen-bond acceptors (Lipinski definition) is 2. The fraction of sp³-hybridized carbons (Fsp3) is 0.500. The molecule has 0 bridgehead atoms. The number of aromatic nitrogens is 1. The molecule has 0 radical (unpaired) electrons. The second kappa shape index (κ2) is 6.70. The van der Waals surface area contributed by atoms with E-state index in [-0.39, 0.29) is 6.04 Å². The molecule has 0 aliphatic carbocycles. The molecule has 1 fully saturated rings. The second-order valence-corrected chi connectivity index (χ2v) is 7.33. The number of fused-ring (bicyclic) bond motifs is 1. The van der Waals surface area contributed by atoms with Crippen molar-refractivity contribution in [1.82, 2.24) is 9.47 Å². The van der Waals surface area contributed by atoms with E-state index in [2.05, 4.69) is 5.32 Å². The van der Waals surface area contributed by atoms with Crippen LogP contribution in [0.5, 0.6) is 0 Å². The molecule has 1 aliphatic heterocycles. The number of rotatable bonds is 3. The number of nitrogens with one attached hydrogen (secondary N) is 1. The molecule has 2 aromatic rings. The minimum absolute atomic E-state index is 0.324. The van der Waals surface area contributed by atoms with Crippen LogP contribution in [-0.4, -0.2) is 48.0 Å². The smallest absolute Gasteiger partial charge is 0.379 e. The molecule has 0 amide bonds. The van der Waals surface area contributed by atoms with Crippen molar-refractivity contribution in [2.45, 2.75) is 31.4 Å². The van der Waals surface area contributed by atoms with E-state index in [1.165, 1.54) is 4.57 Å². The van der Waals surface area contributed by atoms with Gasteiger partial charge in [0, 0.05) is 24.2 Å². The van der Waals surface area contributed by atoms with Gasteiger partial charge in [-0.3, -0.25) is 0 Å². The van der Waals surface area contributed by atoms with Crippen molar-refractivity contribution in [1.29, 1.82) is 0 Å². The Bertz CT molecular complexity index is 728. The van der Waals surface area contributed by atoms with E-state index in [0.717, 1.165) is 6.54 Å². The highest BCUT2D eigenvalue weighted by molar-refractivity contribution is 14.1. The highest BCUT2D eigenvalue weighted by atomic mass is 127. The Balaban J connectivity index is 1.91. The van der Waals surface area contributed by atoms with E-state index in [4.69, 9.17) is 0 Å². The highest BCUT2D eigenvalue weighted by Crippen LogP contribution is 2.32. The van der Waals surface area contributed by atoms with Crippen molar-refractivity contribution in [2.75, 3.05) is 25.5 Å². The third kappa shape index (κ3) is 3.79. The Hall–Kier alpha value is -1.03. The summed E-state index contributed by atoms with van der Waals surface area (Å²) in [5.74, 6) is 0. The van der Waals surface area contributed by atoms with Crippen LogP contribution in [0.1, 0.15) is 6.42 Å². The van der Waals surface area contributed by atoms with Crippen molar-refractivity contribution < 1.29 is 17.6 Å². The minimum Gasteiger partial charge on any atom is -0.379 e. The standard InChI is InChI=1S/C16H18F4IN3/c1-23-6-5-13(11(17)8-23)22-12-3-2-4-14-10(12)7-15(21)24(14)9-16(18,19)20/h2-4,7,11,13,22H,5-6,8-9H2,1H3/t11-,13+/m1/s1. The maximum Gasteiger partial charge on any atom is 0.406 e. The lowest BCUT2D eigenvalue weighted by Gasteiger charge is -2.33. The molecule has 8 heteroatoms. The summed E-state index contributed by atoms with van der Waals surface area (Å²) in [4.78, 5) is 1.94. The normalized spacial score (nSPS) is 22.9. The maximum absolute atomic E-state index is 14.2. The van der Waals surface area contributed by atoms with Crippen molar-refractivity contribution in [3.8, 4) is 0 Å². The van der Waals surface area contributed by atoms with Crippen molar-refractivity contribution in [3.63, 3.8) is 0 Å². The van der Waals surface area contributed by atoms with E-state index >= 15 is 0 Å². The first-order chi connectivity index (χ1) is 11.2. The van der Waals surface area contributed by atoms with Gasteiger partial charge in [0.05, 0.1) is 15.3 Å². The van der Waals surface area contributed by atoms with Crippen LogP contribution in [0.2, 0.25) is 0 Å². The third-order valence-electron chi connectivity index (χ3n) is 4.32. The molecule has 1 aromatic carbocycles. The fourth-order valence-electron chi connectivity index (χ4n) is 3.14. The number of nitrogens with zero attached hydrogens (tertiary/aromatic N) is 2. The van der Waals surface area contributed by atoms with Crippen LogP contribution in [0, 0.1) is 3.70 Å². The lowest BCUT2D eigenvalue weighted by atomic mass is 10.0. The van der Waals surface area contributed by atoms with Crippen LogP contribution >= 0.6 is 22.6 Å². The Morgan fingerprint density at radius 3 is 2.75 bits per heavy atom. The SMILES string of the molecule is CN1CC[C@H](Nc2cccc3c2cc(I)n3CC(F)(F)F)[C@H](F)C1. The maximum atomic E-state index is 14.2. The topological polar surface area (TPSA) is 20.2 Å². The van der Waals surface area contributed by atoms with Crippen LogP contribution in [0.3, 0.4) is 0 Å². The molecular weight excluding hydrogens is 437 g/mol. The molecule has 3 rings (SSSR count). The van der Waals surface area contributed by atoms with Gasteiger partial charge in [0.25, 0.3) is 0 Å². The predicted molar refractivity (Wildman–Crippen MR) is 95.1 cm³/mol. The van der Waals surface area contributed by atoms with Crippen molar-refractivity contribution in [2.24, 2.45) is 0 Å². The number of benzene rings is 1. The summed E-state index contributed by atoms with van der Waals surface area (Å²) >= 11 is 1.90. The van der Waals surface area contributed by atoms with E-state index in [0.29, 0.717) is 33.3 Å². The first kappa shape index (κ1) is 17.8. The molecule has 3 nitrogen and oxygen atoms in total. The van der Waals surface area contributed by atoms with E-state index in [9.17, 15) is 17.6 Å². The van der Waals surface area contributed by atoms with Crippen LogP contribution in [0.4, 0.5) is 23.2 Å². The number of alkyl halides is 4. The molecule has 0 saturated carbocycles. The van der Waals surface area contributed by atoms with Crippen LogP contribution in [0.25, 0.3) is 10.9 Å². The third-order valence-corrected chi connectivity index (χ3v) is 5.21. The average Bonchev–Trinajstić information content (AvgIpc) is 2.78. The van der Waals surface area contributed by atoms with E-state index < -0.39 is 18.9 Å². The van der Waals surface area contributed by atoms with Gasteiger partial charge in [-0.2, -0.15) is 13.2 Å².